The molecule has 0 aromatic heterocycles. The van der Waals surface area contributed by atoms with E-state index < -0.39 is 0 Å². The number of benzene rings is 1. The Bertz CT molecular complexity index is 496. The maximum absolute atomic E-state index is 9.20. The van der Waals surface area contributed by atoms with Crippen LogP contribution < -0.4 is 9.47 Å². The van der Waals surface area contributed by atoms with Gasteiger partial charge in [-0.15, -0.1) is 0 Å². The summed E-state index contributed by atoms with van der Waals surface area (Å²) in [6.07, 6.45) is 0. The molecule has 0 fully saturated rings. The van der Waals surface area contributed by atoms with Crippen LogP contribution in [0.25, 0.3) is 0 Å². The Kier molecular flexibility index (Phi) is 5.46. The number of hydrogen-bond donors (Lipinski definition) is 0. The Labute approximate surface area is 122 Å². The molecule has 1 aromatic carbocycles. The summed E-state index contributed by atoms with van der Waals surface area (Å²) >= 11 is 6.73. The number of rotatable bonds is 4. The van der Waals surface area contributed by atoms with Crippen molar-refractivity contribution in [2.24, 2.45) is 0 Å². The number of ether oxygens (including phenoxy) is 2. The predicted octanol–water partition coefficient (Wildman–Crippen LogP) is 3.24. The fraction of sp³-hybridized carbons (Fsp3) is 0.333. The van der Waals surface area contributed by atoms with Crippen molar-refractivity contribution in [3.05, 3.63) is 22.3 Å². The number of methoxy groups -OCH3 is 2. The molecule has 0 aliphatic heterocycles. The second kappa shape index (κ2) is 6.63. The van der Waals surface area contributed by atoms with E-state index in [2.05, 4.69) is 31.9 Å². The molecule has 1 rings (SSSR count). The van der Waals surface area contributed by atoms with E-state index in [1.165, 1.54) is 14.2 Å². The zero-order valence-corrected chi connectivity index (χ0v) is 13.1. The molecular weight excluding hydrogens is 364 g/mol. The third-order valence-electron chi connectivity index (χ3n) is 2.52. The Balaban J connectivity index is 3.87. The van der Waals surface area contributed by atoms with Gasteiger partial charge in [-0.05, 0) is 0 Å². The predicted molar refractivity (Wildman–Crippen MR) is 74.2 cm³/mol. The van der Waals surface area contributed by atoms with Crippen LogP contribution in [0.15, 0.2) is 0 Å². The Morgan fingerprint density at radius 2 is 1.22 bits per heavy atom. The Morgan fingerprint density at radius 1 is 0.889 bits per heavy atom. The molecule has 0 N–H and O–H groups in total. The average molecular weight is 374 g/mol. The highest BCUT2D eigenvalue weighted by Gasteiger charge is 2.24. The van der Waals surface area contributed by atoms with E-state index in [0.29, 0.717) is 22.2 Å². The molecule has 18 heavy (non-hydrogen) atoms. The minimum atomic E-state index is 0.205. The van der Waals surface area contributed by atoms with E-state index in [1.807, 2.05) is 12.1 Å². The highest BCUT2D eigenvalue weighted by Crippen LogP contribution is 2.40. The molecule has 0 saturated carbocycles. The molecule has 6 heteroatoms. The fourth-order valence-electron chi connectivity index (χ4n) is 1.75. The SMILES string of the molecule is COc1c(C#N)c(C#N)c(OC)c(CBr)c1CBr. The summed E-state index contributed by atoms with van der Waals surface area (Å²) in [5.74, 6) is 0.836. The number of halogens is 2. The van der Waals surface area contributed by atoms with Gasteiger partial charge >= 0.3 is 0 Å². The molecule has 0 heterocycles. The third kappa shape index (κ3) is 2.31. The Hall–Kier alpha value is -1.24. The lowest BCUT2D eigenvalue weighted by atomic mass is 9.97. The minimum Gasteiger partial charge on any atom is -0.495 e. The zero-order valence-electron chi connectivity index (χ0n) is 9.88. The lowest BCUT2D eigenvalue weighted by Crippen LogP contribution is -2.05. The molecule has 0 saturated heterocycles. The van der Waals surface area contributed by atoms with Crippen molar-refractivity contribution >= 4 is 31.9 Å². The van der Waals surface area contributed by atoms with Crippen LogP contribution in [0.5, 0.6) is 11.5 Å². The van der Waals surface area contributed by atoms with Gasteiger partial charge in [0.15, 0.2) is 0 Å². The van der Waals surface area contributed by atoms with Crippen molar-refractivity contribution in [3.8, 4) is 23.6 Å². The van der Waals surface area contributed by atoms with Crippen LogP contribution in [0.3, 0.4) is 0 Å². The summed E-state index contributed by atoms with van der Waals surface area (Å²) in [6.45, 7) is 0. The summed E-state index contributed by atoms with van der Waals surface area (Å²) in [7, 11) is 2.96. The van der Waals surface area contributed by atoms with Gasteiger partial charge in [0.25, 0.3) is 0 Å². The number of nitrogens with zero attached hydrogens (tertiary/aromatic N) is 2. The lowest BCUT2D eigenvalue weighted by molar-refractivity contribution is 0.395. The van der Waals surface area contributed by atoms with Crippen LogP contribution in [0.4, 0.5) is 0 Å². The molecule has 4 nitrogen and oxygen atoms in total. The second-order valence-corrected chi connectivity index (χ2v) is 4.39. The fourth-order valence-corrected chi connectivity index (χ4v) is 2.94. The monoisotopic (exact) mass is 372 g/mol. The van der Waals surface area contributed by atoms with Gasteiger partial charge < -0.3 is 9.47 Å². The molecule has 0 atom stereocenters. The first-order valence-electron chi connectivity index (χ1n) is 4.91. The van der Waals surface area contributed by atoms with Gasteiger partial charge in [0.05, 0.1) is 14.2 Å². The van der Waals surface area contributed by atoms with Crippen LogP contribution >= 0.6 is 31.9 Å². The van der Waals surface area contributed by atoms with Crippen molar-refractivity contribution in [1.29, 1.82) is 10.5 Å². The average Bonchev–Trinajstić information content (AvgIpc) is 2.43. The van der Waals surface area contributed by atoms with Crippen molar-refractivity contribution in [3.63, 3.8) is 0 Å². The van der Waals surface area contributed by atoms with E-state index in [1.54, 1.807) is 0 Å². The standard InChI is InChI=1S/C12H10Br2N2O2/c1-17-11-7(3-13)8(4-14)12(18-2)10(6-16)9(11)5-15/h3-4H2,1-2H3. The van der Waals surface area contributed by atoms with Crippen molar-refractivity contribution in [1.82, 2.24) is 0 Å². The summed E-state index contributed by atoms with van der Waals surface area (Å²) in [5, 5.41) is 19.4. The first-order valence-corrected chi connectivity index (χ1v) is 7.16. The second-order valence-electron chi connectivity index (χ2n) is 3.26. The van der Waals surface area contributed by atoms with E-state index >= 15 is 0 Å². The highest BCUT2D eigenvalue weighted by atomic mass is 79.9. The van der Waals surface area contributed by atoms with Gasteiger partial charge in [-0.25, -0.2) is 0 Å². The van der Waals surface area contributed by atoms with Gasteiger partial charge in [-0.3, -0.25) is 0 Å². The van der Waals surface area contributed by atoms with Crippen molar-refractivity contribution in [2.75, 3.05) is 14.2 Å². The maximum Gasteiger partial charge on any atom is 0.142 e. The van der Waals surface area contributed by atoms with E-state index in [9.17, 15) is 10.5 Å². The molecule has 0 spiro atoms. The topological polar surface area (TPSA) is 66.0 Å². The van der Waals surface area contributed by atoms with Gasteiger partial charge in [0.2, 0.25) is 0 Å². The highest BCUT2D eigenvalue weighted by molar-refractivity contribution is 9.09. The smallest absolute Gasteiger partial charge is 0.142 e. The summed E-state index contributed by atoms with van der Waals surface area (Å²) in [4.78, 5) is 0. The van der Waals surface area contributed by atoms with Crippen molar-refractivity contribution in [2.45, 2.75) is 10.7 Å². The summed E-state index contributed by atoms with van der Waals surface area (Å²) in [5.41, 5.74) is 2.02. The summed E-state index contributed by atoms with van der Waals surface area (Å²) in [6, 6.07) is 4.01. The molecule has 1 aromatic rings. The molecule has 0 unspecified atom stereocenters. The van der Waals surface area contributed by atoms with Crippen LogP contribution in [0.1, 0.15) is 22.3 Å². The molecule has 0 radical (unpaired) electrons. The van der Waals surface area contributed by atoms with Gasteiger partial charge in [-0.2, -0.15) is 10.5 Å². The summed E-state index contributed by atoms with van der Waals surface area (Å²) < 4.78 is 10.5. The van der Waals surface area contributed by atoms with Crippen LogP contribution in [-0.2, 0) is 10.7 Å². The first-order chi connectivity index (χ1) is 8.69. The van der Waals surface area contributed by atoms with Gasteiger partial charge in [0, 0.05) is 21.8 Å². The largest absolute Gasteiger partial charge is 0.495 e. The van der Waals surface area contributed by atoms with E-state index in [-0.39, 0.29) is 11.1 Å². The number of nitriles is 2. The molecule has 0 amide bonds. The molecule has 94 valence electrons. The number of hydrogen-bond acceptors (Lipinski definition) is 4. The molecular formula is C12H10Br2N2O2. The first kappa shape index (κ1) is 14.8. The number of alkyl halides is 2. The van der Waals surface area contributed by atoms with E-state index in [0.717, 1.165) is 11.1 Å². The molecule has 0 aliphatic carbocycles. The van der Waals surface area contributed by atoms with Crippen LogP contribution in [-0.4, -0.2) is 14.2 Å². The quantitative estimate of drug-likeness (QED) is 0.760. The minimum absolute atomic E-state index is 0.205. The van der Waals surface area contributed by atoms with Crippen LogP contribution in [0.2, 0.25) is 0 Å². The Morgan fingerprint density at radius 3 is 1.39 bits per heavy atom. The maximum atomic E-state index is 9.20. The van der Waals surface area contributed by atoms with Crippen molar-refractivity contribution < 1.29 is 9.47 Å². The van der Waals surface area contributed by atoms with E-state index in [4.69, 9.17) is 9.47 Å². The van der Waals surface area contributed by atoms with Crippen LogP contribution in [0, 0.1) is 22.7 Å². The van der Waals surface area contributed by atoms with Gasteiger partial charge in [0.1, 0.15) is 34.8 Å². The zero-order chi connectivity index (χ0) is 13.7. The molecule has 0 bridgehead atoms. The van der Waals surface area contributed by atoms with Gasteiger partial charge in [-0.1, -0.05) is 31.9 Å². The third-order valence-corrected chi connectivity index (χ3v) is 3.64. The normalized spacial score (nSPS) is 9.44. The molecule has 0 aliphatic rings. The lowest BCUT2D eigenvalue weighted by Gasteiger charge is -2.17.